The Balaban J connectivity index is 2.56. The zero-order valence-electron chi connectivity index (χ0n) is 7.69. The maximum atomic E-state index is 13.1. The van der Waals surface area contributed by atoms with Crippen LogP contribution in [0.25, 0.3) is 0 Å². The molecule has 0 aromatic rings. The van der Waals surface area contributed by atoms with E-state index in [9.17, 15) is 8.78 Å². The zero-order valence-corrected chi connectivity index (χ0v) is 7.69. The summed E-state index contributed by atoms with van der Waals surface area (Å²) in [5, 5.41) is 0. The highest BCUT2D eigenvalue weighted by molar-refractivity contribution is 4.79. The molecule has 0 saturated carbocycles. The number of hydrogen-bond acceptors (Lipinski definition) is 2. The molecule has 1 saturated heterocycles. The van der Waals surface area contributed by atoms with Gasteiger partial charge in [0.2, 0.25) is 0 Å². The van der Waals surface area contributed by atoms with Gasteiger partial charge in [0.1, 0.15) is 0 Å². The van der Waals surface area contributed by atoms with Crippen molar-refractivity contribution in [3.05, 3.63) is 0 Å². The van der Waals surface area contributed by atoms with Crippen LogP contribution in [0.3, 0.4) is 0 Å². The van der Waals surface area contributed by atoms with E-state index in [-0.39, 0.29) is 13.1 Å². The fourth-order valence-electron chi connectivity index (χ4n) is 1.51. The predicted molar refractivity (Wildman–Crippen MR) is 44.6 cm³/mol. The Bertz CT molecular complexity index is 150. The summed E-state index contributed by atoms with van der Waals surface area (Å²) in [6.07, 6.45) is 0. The highest BCUT2D eigenvalue weighted by Crippen LogP contribution is 2.18. The molecule has 1 rings (SSSR count). The molecular weight excluding hydrogens is 162 g/mol. The lowest BCUT2D eigenvalue weighted by atomic mass is 10.3. The lowest BCUT2D eigenvalue weighted by molar-refractivity contribution is -0.0334. The Morgan fingerprint density at radius 1 is 1.25 bits per heavy atom. The van der Waals surface area contributed by atoms with Crippen molar-refractivity contribution in [2.24, 2.45) is 0 Å². The van der Waals surface area contributed by atoms with Gasteiger partial charge in [-0.2, -0.15) is 0 Å². The molecule has 0 aromatic carbocycles. The molecule has 0 unspecified atom stereocenters. The molecule has 4 heteroatoms. The van der Waals surface area contributed by atoms with E-state index in [1.165, 1.54) is 0 Å². The van der Waals surface area contributed by atoms with Crippen LogP contribution in [0.2, 0.25) is 0 Å². The van der Waals surface area contributed by atoms with E-state index in [0.29, 0.717) is 6.54 Å². The number of rotatable bonds is 1. The van der Waals surface area contributed by atoms with E-state index >= 15 is 0 Å². The molecule has 0 bridgehead atoms. The van der Waals surface area contributed by atoms with E-state index in [1.807, 2.05) is 6.92 Å². The molecule has 0 spiro atoms. The fourth-order valence-corrected chi connectivity index (χ4v) is 1.51. The van der Waals surface area contributed by atoms with Crippen LogP contribution in [0.5, 0.6) is 0 Å². The van der Waals surface area contributed by atoms with Crippen LogP contribution in [-0.2, 0) is 0 Å². The van der Waals surface area contributed by atoms with Crippen molar-refractivity contribution in [3.8, 4) is 0 Å². The normalized spacial score (nSPS) is 27.0. The minimum Gasteiger partial charge on any atom is -0.299 e. The summed E-state index contributed by atoms with van der Waals surface area (Å²) in [6, 6.07) is 0. The molecular formula is C8H16F2N2. The van der Waals surface area contributed by atoms with Gasteiger partial charge in [-0.1, -0.05) is 6.92 Å². The zero-order chi connectivity index (χ0) is 9.19. The van der Waals surface area contributed by atoms with E-state index < -0.39 is 5.92 Å². The maximum absolute atomic E-state index is 13.1. The molecule has 0 amide bonds. The van der Waals surface area contributed by atoms with E-state index in [2.05, 4.69) is 0 Å². The Hall–Kier alpha value is -0.220. The van der Waals surface area contributed by atoms with Crippen molar-refractivity contribution in [1.29, 1.82) is 0 Å². The third-order valence-electron chi connectivity index (χ3n) is 2.20. The van der Waals surface area contributed by atoms with Gasteiger partial charge in [0.15, 0.2) is 0 Å². The molecule has 0 aliphatic carbocycles. The lowest BCUT2D eigenvalue weighted by Crippen LogP contribution is -2.38. The standard InChI is InChI=1S/C8H16F2N2/c1-3-12-5-4-11(2)6-8(9,10)7-12/h3-7H2,1-2H3. The average molecular weight is 178 g/mol. The van der Waals surface area contributed by atoms with E-state index in [1.54, 1.807) is 16.8 Å². The fraction of sp³-hybridized carbons (Fsp3) is 1.00. The van der Waals surface area contributed by atoms with Gasteiger partial charge in [0.05, 0.1) is 13.1 Å². The summed E-state index contributed by atoms with van der Waals surface area (Å²) in [4.78, 5) is 3.49. The summed E-state index contributed by atoms with van der Waals surface area (Å²) < 4.78 is 26.1. The van der Waals surface area contributed by atoms with Crippen LogP contribution in [0.15, 0.2) is 0 Å². The van der Waals surface area contributed by atoms with Gasteiger partial charge in [-0.3, -0.25) is 9.80 Å². The van der Waals surface area contributed by atoms with Crippen LogP contribution in [0.1, 0.15) is 6.92 Å². The first-order valence-electron chi connectivity index (χ1n) is 4.32. The quantitative estimate of drug-likeness (QED) is 0.588. The van der Waals surface area contributed by atoms with Gasteiger partial charge in [0, 0.05) is 13.1 Å². The highest BCUT2D eigenvalue weighted by Gasteiger charge is 2.34. The highest BCUT2D eigenvalue weighted by atomic mass is 19.3. The summed E-state index contributed by atoms with van der Waals surface area (Å²) in [5.74, 6) is -2.54. The van der Waals surface area contributed by atoms with Crippen molar-refractivity contribution < 1.29 is 8.78 Å². The minimum absolute atomic E-state index is 0.0894. The number of likely N-dealkylation sites (N-methyl/N-ethyl adjacent to an activating group) is 2. The van der Waals surface area contributed by atoms with Crippen molar-refractivity contribution in [2.45, 2.75) is 12.8 Å². The molecule has 1 heterocycles. The minimum atomic E-state index is -2.54. The number of hydrogen-bond donors (Lipinski definition) is 0. The Labute approximate surface area is 72.1 Å². The van der Waals surface area contributed by atoms with Gasteiger partial charge in [-0.05, 0) is 13.6 Å². The second-order valence-corrected chi connectivity index (χ2v) is 3.46. The molecule has 1 aliphatic heterocycles. The Morgan fingerprint density at radius 2 is 1.92 bits per heavy atom. The number of alkyl halides is 2. The number of halogens is 2. The molecule has 0 atom stereocenters. The lowest BCUT2D eigenvalue weighted by Gasteiger charge is -2.21. The predicted octanol–water partition coefficient (Wildman–Crippen LogP) is 0.889. The van der Waals surface area contributed by atoms with Crippen LogP contribution >= 0.6 is 0 Å². The van der Waals surface area contributed by atoms with Gasteiger partial charge in [-0.15, -0.1) is 0 Å². The maximum Gasteiger partial charge on any atom is 0.272 e. The van der Waals surface area contributed by atoms with Crippen LogP contribution in [-0.4, -0.2) is 55.5 Å². The van der Waals surface area contributed by atoms with Crippen molar-refractivity contribution >= 4 is 0 Å². The molecule has 2 nitrogen and oxygen atoms in total. The first-order valence-corrected chi connectivity index (χ1v) is 4.32. The van der Waals surface area contributed by atoms with Gasteiger partial charge in [-0.25, -0.2) is 8.78 Å². The SMILES string of the molecule is CCN1CCN(C)CC(F)(F)C1. The molecule has 0 aromatic heterocycles. The van der Waals surface area contributed by atoms with Crippen molar-refractivity contribution in [3.63, 3.8) is 0 Å². The number of nitrogens with zero attached hydrogens (tertiary/aromatic N) is 2. The Morgan fingerprint density at radius 3 is 2.50 bits per heavy atom. The van der Waals surface area contributed by atoms with Crippen LogP contribution in [0, 0.1) is 0 Å². The van der Waals surface area contributed by atoms with E-state index in [4.69, 9.17) is 0 Å². The smallest absolute Gasteiger partial charge is 0.272 e. The van der Waals surface area contributed by atoms with E-state index in [0.717, 1.165) is 13.1 Å². The topological polar surface area (TPSA) is 6.48 Å². The molecule has 72 valence electrons. The third-order valence-corrected chi connectivity index (χ3v) is 2.20. The molecule has 1 fully saturated rings. The van der Waals surface area contributed by atoms with Crippen LogP contribution in [0.4, 0.5) is 8.78 Å². The molecule has 1 aliphatic rings. The molecule has 0 radical (unpaired) electrons. The second-order valence-electron chi connectivity index (χ2n) is 3.46. The van der Waals surface area contributed by atoms with Crippen molar-refractivity contribution in [1.82, 2.24) is 9.80 Å². The van der Waals surface area contributed by atoms with Gasteiger partial charge in [0.25, 0.3) is 5.92 Å². The largest absolute Gasteiger partial charge is 0.299 e. The van der Waals surface area contributed by atoms with Crippen LogP contribution < -0.4 is 0 Å². The second kappa shape index (κ2) is 3.66. The van der Waals surface area contributed by atoms with Crippen molar-refractivity contribution in [2.75, 3.05) is 39.8 Å². The monoisotopic (exact) mass is 178 g/mol. The third kappa shape index (κ3) is 2.68. The summed E-state index contributed by atoms with van der Waals surface area (Å²) in [5.41, 5.74) is 0. The molecule has 12 heavy (non-hydrogen) atoms. The summed E-state index contributed by atoms with van der Waals surface area (Å²) in [6.45, 7) is 3.92. The average Bonchev–Trinajstić information content (AvgIpc) is 2.07. The summed E-state index contributed by atoms with van der Waals surface area (Å²) in [7, 11) is 1.74. The first-order chi connectivity index (χ1) is 5.53. The first kappa shape index (κ1) is 9.86. The summed E-state index contributed by atoms with van der Waals surface area (Å²) >= 11 is 0. The van der Waals surface area contributed by atoms with Gasteiger partial charge >= 0.3 is 0 Å². The van der Waals surface area contributed by atoms with Gasteiger partial charge < -0.3 is 0 Å². The Kier molecular flexibility index (Phi) is 3.01. The molecule has 0 N–H and O–H groups in total.